The highest BCUT2D eigenvalue weighted by molar-refractivity contribution is 6.30. The maximum absolute atomic E-state index is 6.18. The molecule has 0 N–H and O–H groups in total. The summed E-state index contributed by atoms with van der Waals surface area (Å²) >= 11 is 6.18. The van der Waals surface area contributed by atoms with Crippen molar-refractivity contribution in [3.8, 4) is 5.75 Å². The fourth-order valence-electron chi connectivity index (χ4n) is 3.89. The van der Waals surface area contributed by atoms with Crippen molar-refractivity contribution >= 4 is 33.4 Å². The van der Waals surface area contributed by atoms with Crippen LogP contribution in [0.4, 0.5) is 0 Å². The average molecular weight is 400 g/mol. The van der Waals surface area contributed by atoms with Gasteiger partial charge in [-0.15, -0.1) is 5.10 Å². The molecule has 1 aromatic heterocycles. The second kappa shape index (κ2) is 7.22. The van der Waals surface area contributed by atoms with Gasteiger partial charge in [-0.3, -0.25) is 0 Å². The summed E-state index contributed by atoms with van der Waals surface area (Å²) in [5.41, 5.74) is 3.91. The van der Waals surface area contributed by atoms with Crippen molar-refractivity contribution in [2.75, 3.05) is 7.11 Å². The van der Waals surface area contributed by atoms with Gasteiger partial charge in [0.15, 0.2) is 0 Å². The molecule has 0 aliphatic heterocycles. The highest BCUT2D eigenvalue weighted by Gasteiger charge is 2.25. The molecule has 1 heterocycles. The quantitative estimate of drug-likeness (QED) is 0.378. The third kappa shape index (κ3) is 3.02. The van der Waals surface area contributed by atoms with E-state index in [-0.39, 0.29) is 6.04 Å². The van der Waals surface area contributed by atoms with E-state index in [0.29, 0.717) is 5.02 Å². The molecular weight excluding hydrogens is 382 g/mol. The molecule has 0 radical (unpaired) electrons. The molecule has 5 aromatic rings. The number of rotatable bonds is 4. The van der Waals surface area contributed by atoms with Gasteiger partial charge in [-0.05, 0) is 46.7 Å². The Labute approximate surface area is 173 Å². The third-order valence-electron chi connectivity index (χ3n) is 5.23. The summed E-state index contributed by atoms with van der Waals surface area (Å²) in [5.74, 6) is 0.809. The Kier molecular flexibility index (Phi) is 4.41. The van der Waals surface area contributed by atoms with Crippen LogP contribution in [0, 0.1) is 0 Å². The first kappa shape index (κ1) is 17.7. The molecule has 0 saturated heterocycles. The Bertz CT molecular complexity index is 1310. The summed E-state index contributed by atoms with van der Waals surface area (Å²) < 4.78 is 7.76. The molecule has 29 heavy (non-hydrogen) atoms. The summed E-state index contributed by atoms with van der Waals surface area (Å²) in [7, 11) is 1.70. The van der Waals surface area contributed by atoms with E-state index in [4.69, 9.17) is 16.3 Å². The number of hydrogen-bond donors (Lipinski definition) is 0. The lowest BCUT2D eigenvalue weighted by Crippen LogP contribution is -2.15. The molecular formula is C24H18ClN3O. The van der Waals surface area contributed by atoms with Crippen LogP contribution in [-0.2, 0) is 0 Å². The van der Waals surface area contributed by atoms with Crippen molar-refractivity contribution in [1.82, 2.24) is 15.0 Å². The molecule has 0 saturated carbocycles. The number of ether oxygens (including phenoxy) is 1. The van der Waals surface area contributed by atoms with E-state index in [1.807, 2.05) is 71.4 Å². The molecule has 142 valence electrons. The molecule has 5 heteroatoms. The van der Waals surface area contributed by atoms with Crippen LogP contribution in [0.1, 0.15) is 17.2 Å². The van der Waals surface area contributed by atoms with Crippen LogP contribution in [0.5, 0.6) is 5.75 Å². The zero-order valence-electron chi connectivity index (χ0n) is 15.8. The molecule has 0 aliphatic carbocycles. The fourth-order valence-corrected chi connectivity index (χ4v) is 4.01. The lowest BCUT2D eigenvalue weighted by molar-refractivity contribution is 0.404. The SMILES string of the molecule is COc1ccc2ccccc2c1C(c1ccc(Cl)cc1)n1nnc2ccccc21. The third-order valence-corrected chi connectivity index (χ3v) is 5.48. The minimum atomic E-state index is -0.222. The van der Waals surface area contributed by atoms with E-state index in [2.05, 4.69) is 28.5 Å². The largest absolute Gasteiger partial charge is 0.496 e. The Morgan fingerprint density at radius 3 is 2.45 bits per heavy atom. The first-order valence-corrected chi connectivity index (χ1v) is 9.75. The second-order valence-corrected chi connectivity index (χ2v) is 7.32. The fraction of sp³-hybridized carbons (Fsp3) is 0.0833. The molecule has 0 aliphatic rings. The number of para-hydroxylation sites is 1. The zero-order valence-corrected chi connectivity index (χ0v) is 16.5. The van der Waals surface area contributed by atoms with Gasteiger partial charge >= 0.3 is 0 Å². The van der Waals surface area contributed by atoms with E-state index in [9.17, 15) is 0 Å². The number of nitrogens with zero attached hydrogens (tertiary/aromatic N) is 3. The number of methoxy groups -OCH3 is 1. The summed E-state index contributed by atoms with van der Waals surface area (Å²) in [6, 6.07) is 28.0. The molecule has 0 fully saturated rings. The smallest absolute Gasteiger partial charge is 0.125 e. The van der Waals surface area contributed by atoms with Gasteiger partial charge < -0.3 is 4.74 Å². The predicted octanol–water partition coefficient (Wildman–Crippen LogP) is 5.88. The zero-order chi connectivity index (χ0) is 19.8. The van der Waals surface area contributed by atoms with Gasteiger partial charge in [0.25, 0.3) is 0 Å². The molecule has 1 unspecified atom stereocenters. The van der Waals surface area contributed by atoms with E-state index in [0.717, 1.165) is 38.7 Å². The standard InChI is InChI=1S/C24H18ClN3O/c1-29-22-15-12-16-6-2-3-7-19(16)23(22)24(17-10-13-18(25)14-11-17)28-21-9-5-4-8-20(21)26-27-28/h2-15,24H,1H3. The first-order valence-electron chi connectivity index (χ1n) is 9.37. The van der Waals surface area contributed by atoms with Crippen LogP contribution in [0.2, 0.25) is 5.02 Å². The minimum Gasteiger partial charge on any atom is -0.496 e. The molecule has 0 amide bonds. The van der Waals surface area contributed by atoms with Crippen molar-refractivity contribution in [2.24, 2.45) is 0 Å². The lowest BCUT2D eigenvalue weighted by atomic mass is 9.92. The van der Waals surface area contributed by atoms with Crippen molar-refractivity contribution in [3.05, 3.63) is 101 Å². The van der Waals surface area contributed by atoms with Crippen LogP contribution in [0.25, 0.3) is 21.8 Å². The first-order chi connectivity index (χ1) is 14.3. The maximum atomic E-state index is 6.18. The summed E-state index contributed by atoms with van der Waals surface area (Å²) in [5, 5.41) is 11.9. The summed E-state index contributed by atoms with van der Waals surface area (Å²) in [4.78, 5) is 0. The van der Waals surface area contributed by atoms with Gasteiger partial charge in [-0.1, -0.05) is 71.4 Å². The lowest BCUT2D eigenvalue weighted by Gasteiger charge is -2.23. The monoisotopic (exact) mass is 399 g/mol. The minimum absolute atomic E-state index is 0.222. The Hall–Kier alpha value is -3.37. The normalized spacial score (nSPS) is 12.3. The van der Waals surface area contributed by atoms with Crippen LogP contribution in [-0.4, -0.2) is 22.1 Å². The van der Waals surface area contributed by atoms with Crippen molar-refractivity contribution in [1.29, 1.82) is 0 Å². The number of benzene rings is 4. The topological polar surface area (TPSA) is 39.9 Å². The van der Waals surface area contributed by atoms with Gasteiger partial charge in [0, 0.05) is 10.6 Å². The number of halogens is 1. The van der Waals surface area contributed by atoms with Crippen LogP contribution in [0.3, 0.4) is 0 Å². The van der Waals surface area contributed by atoms with Crippen LogP contribution in [0.15, 0.2) is 84.9 Å². The molecule has 5 rings (SSSR count). The number of hydrogen-bond acceptors (Lipinski definition) is 3. The highest BCUT2D eigenvalue weighted by Crippen LogP contribution is 2.39. The molecule has 0 spiro atoms. The van der Waals surface area contributed by atoms with E-state index in [1.165, 1.54) is 0 Å². The van der Waals surface area contributed by atoms with Crippen molar-refractivity contribution in [2.45, 2.75) is 6.04 Å². The Morgan fingerprint density at radius 2 is 1.62 bits per heavy atom. The highest BCUT2D eigenvalue weighted by atomic mass is 35.5. The molecule has 1 atom stereocenters. The van der Waals surface area contributed by atoms with Crippen molar-refractivity contribution < 1.29 is 4.74 Å². The number of fused-ring (bicyclic) bond motifs is 2. The van der Waals surface area contributed by atoms with Gasteiger partial charge in [-0.25, -0.2) is 4.68 Å². The van der Waals surface area contributed by atoms with Gasteiger partial charge in [0.1, 0.15) is 17.3 Å². The van der Waals surface area contributed by atoms with E-state index >= 15 is 0 Å². The summed E-state index contributed by atoms with van der Waals surface area (Å²) in [6.07, 6.45) is 0. The molecule has 0 bridgehead atoms. The number of aromatic nitrogens is 3. The molecule has 4 nitrogen and oxygen atoms in total. The Morgan fingerprint density at radius 1 is 0.862 bits per heavy atom. The van der Waals surface area contributed by atoms with Crippen molar-refractivity contribution in [3.63, 3.8) is 0 Å². The van der Waals surface area contributed by atoms with E-state index in [1.54, 1.807) is 7.11 Å². The maximum Gasteiger partial charge on any atom is 0.125 e. The van der Waals surface area contributed by atoms with Gasteiger partial charge in [0.05, 0.1) is 12.6 Å². The molecule has 4 aromatic carbocycles. The Balaban J connectivity index is 1.87. The average Bonchev–Trinajstić information content (AvgIpc) is 3.19. The predicted molar refractivity (Wildman–Crippen MR) is 117 cm³/mol. The van der Waals surface area contributed by atoms with Gasteiger partial charge in [-0.2, -0.15) is 0 Å². The van der Waals surface area contributed by atoms with Crippen LogP contribution >= 0.6 is 11.6 Å². The van der Waals surface area contributed by atoms with Crippen LogP contribution < -0.4 is 4.74 Å². The van der Waals surface area contributed by atoms with Gasteiger partial charge in [0.2, 0.25) is 0 Å². The second-order valence-electron chi connectivity index (χ2n) is 6.88. The van der Waals surface area contributed by atoms with E-state index < -0.39 is 0 Å². The summed E-state index contributed by atoms with van der Waals surface area (Å²) in [6.45, 7) is 0.